The zero-order valence-corrected chi connectivity index (χ0v) is 15.6. The van der Waals surface area contributed by atoms with Gasteiger partial charge in [0.1, 0.15) is 5.75 Å². The van der Waals surface area contributed by atoms with Crippen molar-refractivity contribution >= 4 is 23.5 Å². The summed E-state index contributed by atoms with van der Waals surface area (Å²) in [6.07, 6.45) is 1.17. The van der Waals surface area contributed by atoms with Crippen LogP contribution in [0.5, 0.6) is 17.2 Å². The number of benzene rings is 2. The predicted octanol–water partition coefficient (Wildman–Crippen LogP) is 2.18. The van der Waals surface area contributed by atoms with Gasteiger partial charge in [0, 0.05) is 11.8 Å². The van der Waals surface area contributed by atoms with Gasteiger partial charge in [-0.2, -0.15) is 5.10 Å². The maximum Gasteiger partial charge on any atom is 0.282 e. The Labute approximate surface area is 161 Å². The summed E-state index contributed by atoms with van der Waals surface area (Å²) < 4.78 is 15.3. The Hall–Kier alpha value is -3.82. The minimum atomic E-state index is -0.574. The SMILES string of the molecule is COc1cccc(NCC(=O)N/N=C\c2cc(OC)c(OC)cc2[N+](=O)[O-])c1. The summed E-state index contributed by atoms with van der Waals surface area (Å²) in [5.74, 6) is 0.754. The summed E-state index contributed by atoms with van der Waals surface area (Å²) in [4.78, 5) is 22.6. The number of methoxy groups -OCH3 is 3. The van der Waals surface area contributed by atoms with Crippen LogP contribution in [0.3, 0.4) is 0 Å². The second-order valence-electron chi connectivity index (χ2n) is 5.40. The Bertz CT molecular complexity index is 884. The summed E-state index contributed by atoms with van der Waals surface area (Å²) in [7, 11) is 4.34. The van der Waals surface area contributed by atoms with Gasteiger partial charge < -0.3 is 19.5 Å². The number of rotatable bonds is 9. The van der Waals surface area contributed by atoms with E-state index in [0.717, 1.165) is 0 Å². The largest absolute Gasteiger partial charge is 0.497 e. The van der Waals surface area contributed by atoms with Crippen LogP contribution in [0.15, 0.2) is 41.5 Å². The first-order chi connectivity index (χ1) is 13.5. The molecule has 0 bridgehead atoms. The van der Waals surface area contributed by atoms with E-state index in [9.17, 15) is 14.9 Å². The highest BCUT2D eigenvalue weighted by molar-refractivity contribution is 5.88. The van der Waals surface area contributed by atoms with Gasteiger partial charge in [0.15, 0.2) is 11.5 Å². The number of amides is 1. The lowest BCUT2D eigenvalue weighted by molar-refractivity contribution is -0.385. The average Bonchev–Trinajstić information content (AvgIpc) is 2.71. The highest BCUT2D eigenvalue weighted by Gasteiger charge is 2.18. The Kier molecular flexibility index (Phi) is 7.14. The van der Waals surface area contributed by atoms with E-state index in [0.29, 0.717) is 17.2 Å². The van der Waals surface area contributed by atoms with Crippen molar-refractivity contribution in [3.05, 3.63) is 52.1 Å². The molecule has 28 heavy (non-hydrogen) atoms. The Balaban J connectivity index is 2.02. The van der Waals surface area contributed by atoms with Crippen LogP contribution in [0.25, 0.3) is 0 Å². The predicted molar refractivity (Wildman–Crippen MR) is 103 cm³/mol. The van der Waals surface area contributed by atoms with Gasteiger partial charge in [-0.3, -0.25) is 14.9 Å². The molecule has 2 aromatic carbocycles. The van der Waals surface area contributed by atoms with E-state index in [-0.39, 0.29) is 23.5 Å². The molecule has 0 heterocycles. The minimum absolute atomic E-state index is 0.0431. The van der Waals surface area contributed by atoms with Gasteiger partial charge in [0.2, 0.25) is 0 Å². The van der Waals surface area contributed by atoms with Gasteiger partial charge in [-0.15, -0.1) is 0 Å². The number of hydrogen-bond donors (Lipinski definition) is 2. The molecule has 0 spiro atoms. The second-order valence-corrected chi connectivity index (χ2v) is 5.40. The maximum absolute atomic E-state index is 11.9. The van der Waals surface area contributed by atoms with Crippen molar-refractivity contribution in [1.82, 2.24) is 5.43 Å². The van der Waals surface area contributed by atoms with Crippen molar-refractivity contribution in [2.24, 2.45) is 5.10 Å². The molecule has 0 saturated carbocycles. The number of ether oxygens (including phenoxy) is 3. The molecule has 2 rings (SSSR count). The highest BCUT2D eigenvalue weighted by Crippen LogP contribution is 2.33. The van der Waals surface area contributed by atoms with Crippen LogP contribution >= 0.6 is 0 Å². The minimum Gasteiger partial charge on any atom is -0.497 e. The third-order valence-corrected chi connectivity index (χ3v) is 3.65. The highest BCUT2D eigenvalue weighted by atomic mass is 16.6. The first-order valence-electron chi connectivity index (χ1n) is 8.08. The molecule has 1 amide bonds. The monoisotopic (exact) mass is 388 g/mol. The number of hydrazone groups is 1. The van der Waals surface area contributed by atoms with E-state index in [4.69, 9.17) is 14.2 Å². The zero-order valence-electron chi connectivity index (χ0n) is 15.6. The molecule has 0 aromatic heterocycles. The normalized spacial score (nSPS) is 10.4. The fraction of sp³-hybridized carbons (Fsp3) is 0.222. The van der Waals surface area contributed by atoms with Crippen LogP contribution in [0, 0.1) is 10.1 Å². The van der Waals surface area contributed by atoms with Crippen LogP contribution in [-0.4, -0.2) is 44.9 Å². The van der Waals surface area contributed by atoms with Crippen LogP contribution in [0.1, 0.15) is 5.56 Å². The summed E-state index contributed by atoms with van der Waals surface area (Å²) in [5, 5.41) is 17.9. The van der Waals surface area contributed by atoms with Gasteiger partial charge >= 0.3 is 0 Å². The quantitative estimate of drug-likeness (QED) is 0.383. The first kappa shape index (κ1) is 20.5. The van der Waals surface area contributed by atoms with Gasteiger partial charge in [0.25, 0.3) is 11.6 Å². The first-order valence-corrected chi connectivity index (χ1v) is 8.08. The smallest absolute Gasteiger partial charge is 0.282 e. The lowest BCUT2D eigenvalue weighted by atomic mass is 10.1. The zero-order chi connectivity index (χ0) is 20.5. The number of carbonyl (C=O) groups is 1. The Morgan fingerprint density at radius 1 is 1.14 bits per heavy atom. The Morgan fingerprint density at radius 3 is 2.50 bits per heavy atom. The molecular formula is C18H20N4O6. The van der Waals surface area contributed by atoms with E-state index in [1.807, 2.05) is 0 Å². The molecule has 0 aliphatic carbocycles. The summed E-state index contributed by atoms with van der Waals surface area (Å²) >= 11 is 0. The molecule has 0 saturated heterocycles. The summed E-state index contributed by atoms with van der Waals surface area (Å²) in [6.45, 7) is -0.0431. The molecule has 0 unspecified atom stereocenters. The number of anilines is 1. The van der Waals surface area contributed by atoms with E-state index < -0.39 is 10.8 Å². The van der Waals surface area contributed by atoms with Gasteiger partial charge in [-0.25, -0.2) is 5.43 Å². The van der Waals surface area contributed by atoms with Crippen LogP contribution in [0.4, 0.5) is 11.4 Å². The average molecular weight is 388 g/mol. The molecule has 0 radical (unpaired) electrons. The van der Waals surface area contributed by atoms with Crippen molar-refractivity contribution in [1.29, 1.82) is 0 Å². The fourth-order valence-electron chi connectivity index (χ4n) is 2.27. The third-order valence-electron chi connectivity index (χ3n) is 3.65. The molecular weight excluding hydrogens is 368 g/mol. The Morgan fingerprint density at radius 2 is 1.86 bits per heavy atom. The summed E-state index contributed by atoms with van der Waals surface area (Å²) in [5.41, 5.74) is 2.93. The van der Waals surface area contributed by atoms with E-state index >= 15 is 0 Å². The van der Waals surface area contributed by atoms with Crippen LogP contribution in [-0.2, 0) is 4.79 Å². The molecule has 0 aliphatic rings. The van der Waals surface area contributed by atoms with Crippen LogP contribution < -0.4 is 25.0 Å². The van der Waals surface area contributed by atoms with Crippen molar-refractivity contribution in [2.75, 3.05) is 33.2 Å². The summed E-state index contributed by atoms with van der Waals surface area (Å²) in [6, 6.07) is 9.72. The number of hydrogen-bond acceptors (Lipinski definition) is 8. The standard InChI is InChI=1S/C18H20N4O6/c1-26-14-6-4-5-13(8-14)19-11-18(23)21-20-10-12-7-16(27-2)17(28-3)9-15(12)22(24)25/h4-10,19H,11H2,1-3H3,(H,21,23)/b20-10-. The molecule has 10 heteroatoms. The van der Waals surface area contributed by atoms with Gasteiger partial charge in [-0.1, -0.05) is 6.07 Å². The molecule has 2 N–H and O–H groups in total. The number of nitrogens with one attached hydrogen (secondary N) is 2. The van der Waals surface area contributed by atoms with Crippen molar-refractivity contribution in [3.8, 4) is 17.2 Å². The van der Waals surface area contributed by atoms with Crippen molar-refractivity contribution in [2.45, 2.75) is 0 Å². The molecule has 0 aliphatic heterocycles. The number of nitro groups is 1. The van der Waals surface area contributed by atoms with Crippen molar-refractivity contribution < 1.29 is 23.9 Å². The topological polar surface area (TPSA) is 124 Å². The second kappa shape index (κ2) is 9.76. The van der Waals surface area contributed by atoms with Gasteiger partial charge in [-0.05, 0) is 18.2 Å². The number of nitro benzene ring substituents is 1. The fourth-order valence-corrected chi connectivity index (χ4v) is 2.27. The molecule has 0 fully saturated rings. The lowest BCUT2D eigenvalue weighted by Gasteiger charge is -2.08. The molecule has 10 nitrogen and oxygen atoms in total. The van der Waals surface area contributed by atoms with E-state index in [1.165, 1.54) is 32.6 Å². The molecule has 148 valence electrons. The number of carbonyl (C=O) groups excluding carboxylic acids is 1. The lowest BCUT2D eigenvalue weighted by Crippen LogP contribution is -2.25. The van der Waals surface area contributed by atoms with Crippen LogP contribution in [0.2, 0.25) is 0 Å². The third kappa shape index (κ3) is 5.34. The van der Waals surface area contributed by atoms with E-state index in [1.54, 1.807) is 31.4 Å². The van der Waals surface area contributed by atoms with E-state index in [2.05, 4.69) is 15.8 Å². The maximum atomic E-state index is 11.9. The molecule has 0 atom stereocenters. The molecule has 2 aromatic rings. The number of nitrogens with zero attached hydrogens (tertiary/aromatic N) is 2. The van der Waals surface area contributed by atoms with Gasteiger partial charge in [0.05, 0.1) is 50.6 Å². The van der Waals surface area contributed by atoms with Crippen molar-refractivity contribution in [3.63, 3.8) is 0 Å².